The van der Waals surface area contributed by atoms with Crippen LogP contribution in [0.1, 0.15) is 80.1 Å². The smallest absolute Gasteiger partial charge is 0.140 e. The van der Waals surface area contributed by atoms with Gasteiger partial charge in [0.25, 0.3) is 0 Å². The molecule has 1 heterocycles. The van der Waals surface area contributed by atoms with E-state index in [9.17, 15) is 15.0 Å². The van der Waals surface area contributed by atoms with Crippen LogP contribution in [0.5, 0.6) is 0 Å². The highest BCUT2D eigenvalue weighted by Crippen LogP contribution is 2.71. The van der Waals surface area contributed by atoms with E-state index in [0.29, 0.717) is 42.3 Å². The number of epoxide rings is 1. The van der Waals surface area contributed by atoms with Gasteiger partial charge in [-0.15, -0.1) is 0 Å². The van der Waals surface area contributed by atoms with E-state index in [2.05, 4.69) is 53.7 Å². The fourth-order valence-corrected chi connectivity index (χ4v) is 8.19. The van der Waals surface area contributed by atoms with Gasteiger partial charge in [-0.1, -0.05) is 59.3 Å². The average Bonchev–Trinajstić information content (AvgIpc) is 3.39. The number of hydrogen-bond donors (Lipinski definition) is 2. The third kappa shape index (κ3) is 2.88. The summed E-state index contributed by atoms with van der Waals surface area (Å²) in [6.45, 7) is 13.6. The molecule has 0 radical (unpaired) electrons. The number of allylic oxidation sites excluding steroid dienone is 2. The molecule has 1 aliphatic heterocycles. The Bertz CT molecular complexity index is 873. The van der Waals surface area contributed by atoms with Crippen LogP contribution in [0.15, 0.2) is 23.3 Å². The normalized spacial score (nSPS) is 49.5. The van der Waals surface area contributed by atoms with Crippen molar-refractivity contribution in [1.82, 2.24) is 0 Å². The molecular formula is C28H42O4. The number of hydrogen-bond acceptors (Lipinski definition) is 4. The van der Waals surface area contributed by atoms with E-state index in [-0.39, 0.29) is 29.0 Å². The van der Waals surface area contributed by atoms with Gasteiger partial charge in [0.05, 0.1) is 6.10 Å². The number of carbonyl (C=O) groups excluding carboxylic acids is 1. The highest BCUT2D eigenvalue weighted by molar-refractivity contribution is 5.88. The Labute approximate surface area is 193 Å². The van der Waals surface area contributed by atoms with Gasteiger partial charge >= 0.3 is 0 Å². The van der Waals surface area contributed by atoms with Crippen molar-refractivity contribution in [2.45, 2.75) is 104 Å². The maximum atomic E-state index is 13.6. The Morgan fingerprint density at radius 2 is 1.81 bits per heavy atom. The molecule has 3 fully saturated rings. The van der Waals surface area contributed by atoms with Crippen LogP contribution in [0.4, 0.5) is 0 Å². The summed E-state index contributed by atoms with van der Waals surface area (Å²) >= 11 is 0. The molecule has 0 aromatic carbocycles. The summed E-state index contributed by atoms with van der Waals surface area (Å²) in [5, 5.41) is 21.8. The average molecular weight is 443 g/mol. The molecule has 4 nitrogen and oxygen atoms in total. The van der Waals surface area contributed by atoms with Crippen molar-refractivity contribution in [1.29, 1.82) is 0 Å². The molecule has 4 aliphatic carbocycles. The number of ether oxygens (including phenoxy) is 1. The van der Waals surface area contributed by atoms with E-state index in [0.717, 1.165) is 31.3 Å². The largest absolute Gasteiger partial charge is 0.393 e. The zero-order valence-corrected chi connectivity index (χ0v) is 20.7. The minimum atomic E-state index is -0.706. The quantitative estimate of drug-likeness (QED) is 0.483. The van der Waals surface area contributed by atoms with Gasteiger partial charge in [-0.05, 0) is 60.3 Å². The fraction of sp³-hybridized carbons (Fsp3) is 0.821. The highest BCUT2D eigenvalue weighted by atomic mass is 16.6. The number of carbonyl (C=O) groups is 1. The van der Waals surface area contributed by atoms with Crippen molar-refractivity contribution in [3.8, 4) is 0 Å². The Morgan fingerprint density at radius 3 is 2.50 bits per heavy atom. The first kappa shape index (κ1) is 22.8. The lowest BCUT2D eigenvalue weighted by Crippen LogP contribution is -2.55. The van der Waals surface area contributed by atoms with Crippen LogP contribution in [0, 0.1) is 40.4 Å². The molecular weight excluding hydrogens is 400 g/mol. The standard InChI is InChI=1S/C28H42O4/c1-15(2)16(3)7-8-17(4)20-13-21(30)23-22-19(10-11-26(20,23)5)27(6)12-9-18(29)14-28(27)25(32-28)24(22)31/h7-8,15-18,20,23-25,29,31H,9-14H2,1-6H3/b8-7+/t16-,17+,18-,20+,23+,24-,25-,26+,27+,28-/m0/s1. The molecule has 10 atom stereocenters. The Hall–Kier alpha value is -0.970. The molecule has 0 bridgehead atoms. The van der Waals surface area contributed by atoms with Crippen LogP contribution >= 0.6 is 0 Å². The summed E-state index contributed by atoms with van der Waals surface area (Å²) in [5.41, 5.74) is 1.60. The summed E-state index contributed by atoms with van der Waals surface area (Å²) in [5.74, 6) is 1.92. The molecule has 2 N–H and O–H groups in total. The lowest BCUT2D eigenvalue weighted by atomic mass is 9.49. The molecule has 5 aliphatic rings. The molecule has 1 saturated heterocycles. The molecule has 0 aromatic heterocycles. The highest BCUT2D eigenvalue weighted by Gasteiger charge is 2.76. The Morgan fingerprint density at radius 1 is 1.09 bits per heavy atom. The third-order valence-corrected chi connectivity index (χ3v) is 10.7. The predicted octanol–water partition coefficient (Wildman–Crippen LogP) is 4.84. The Kier molecular flexibility index (Phi) is 5.18. The fourth-order valence-electron chi connectivity index (χ4n) is 8.19. The molecule has 0 unspecified atom stereocenters. The molecule has 1 spiro atoms. The second-order valence-corrected chi connectivity index (χ2v) is 12.6. The van der Waals surface area contributed by atoms with Crippen molar-refractivity contribution in [2.24, 2.45) is 40.4 Å². The van der Waals surface area contributed by atoms with E-state index < -0.39 is 11.7 Å². The molecule has 4 heteroatoms. The van der Waals surface area contributed by atoms with Gasteiger partial charge in [-0.2, -0.15) is 0 Å². The van der Waals surface area contributed by atoms with Crippen LogP contribution in [-0.4, -0.2) is 39.9 Å². The monoisotopic (exact) mass is 442 g/mol. The van der Waals surface area contributed by atoms with Crippen molar-refractivity contribution in [2.75, 3.05) is 0 Å². The second kappa shape index (κ2) is 7.26. The minimum Gasteiger partial charge on any atom is -0.393 e. The number of aliphatic hydroxyl groups is 2. The van der Waals surface area contributed by atoms with E-state index in [1.807, 2.05) is 0 Å². The van der Waals surface area contributed by atoms with Crippen LogP contribution < -0.4 is 0 Å². The number of ketones is 1. The molecule has 32 heavy (non-hydrogen) atoms. The van der Waals surface area contributed by atoms with Crippen LogP contribution in [0.25, 0.3) is 0 Å². The van der Waals surface area contributed by atoms with Crippen molar-refractivity contribution >= 4 is 5.78 Å². The van der Waals surface area contributed by atoms with Gasteiger partial charge in [0.1, 0.15) is 23.6 Å². The molecule has 0 amide bonds. The van der Waals surface area contributed by atoms with Crippen LogP contribution in [-0.2, 0) is 9.53 Å². The van der Waals surface area contributed by atoms with E-state index >= 15 is 0 Å². The zero-order chi connectivity index (χ0) is 23.2. The summed E-state index contributed by atoms with van der Waals surface area (Å²) in [6, 6.07) is 0. The van der Waals surface area contributed by atoms with Gasteiger partial charge in [-0.3, -0.25) is 4.79 Å². The van der Waals surface area contributed by atoms with E-state index in [1.54, 1.807) is 0 Å². The lowest BCUT2D eigenvalue weighted by Gasteiger charge is -2.53. The zero-order valence-electron chi connectivity index (χ0n) is 20.7. The SMILES string of the molecule is CC(C)[C@@H](C)/C=C/[C@@H](C)[C@H]1CC(=O)[C@@H]2C3=C(CC[C@@]21C)[C@@]1(C)CC[C@H](O)C[C@@]12O[C@H]2[C@H]3O. The maximum Gasteiger partial charge on any atom is 0.140 e. The molecule has 2 saturated carbocycles. The predicted molar refractivity (Wildman–Crippen MR) is 125 cm³/mol. The van der Waals surface area contributed by atoms with Crippen molar-refractivity contribution < 1.29 is 19.7 Å². The van der Waals surface area contributed by atoms with Crippen molar-refractivity contribution in [3.63, 3.8) is 0 Å². The van der Waals surface area contributed by atoms with E-state index in [1.165, 1.54) is 5.57 Å². The topological polar surface area (TPSA) is 70.1 Å². The third-order valence-electron chi connectivity index (χ3n) is 10.7. The summed E-state index contributed by atoms with van der Waals surface area (Å²) < 4.78 is 6.25. The number of rotatable bonds is 4. The van der Waals surface area contributed by atoms with Gasteiger partial charge in [0.15, 0.2) is 0 Å². The summed E-state index contributed by atoms with van der Waals surface area (Å²) in [6.07, 6.45) is 8.16. The lowest BCUT2D eigenvalue weighted by molar-refractivity contribution is -0.122. The number of fused-ring (bicyclic) bond motifs is 3. The first-order valence-electron chi connectivity index (χ1n) is 12.9. The first-order chi connectivity index (χ1) is 15.0. The number of Topliss-reactive ketones (excluding diaryl/α,β-unsaturated/α-hetero) is 1. The maximum absolute atomic E-state index is 13.6. The van der Waals surface area contributed by atoms with Gasteiger partial charge in [-0.25, -0.2) is 0 Å². The Balaban J connectivity index is 1.50. The summed E-state index contributed by atoms with van der Waals surface area (Å²) in [7, 11) is 0. The van der Waals surface area contributed by atoms with Gasteiger partial charge < -0.3 is 14.9 Å². The van der Waals surface area contributed by atoms with Crippen molar-refractivity contribution in [3.05, 3.63) is 23.3 Å². The van der Waals surface area contributed by atoms with Gasteiger partial charge in [0.2, 0.25) is 0 Å². The van der Waals surface area contributed by atoms with Gasteiger partial charge in [0, 0.05) is 24.2 Å². The molecule has 0 aromatic rings. The van der Waals surface area contributed by atoms with Crippen LogP contribution in [0.3, 0.4) is 0 Å². The second-order valence-electron chi connectivity index (χ2n) is 12.6. The molecule has 178 valence electrons. The van der Waals surface area contributed by atoms with Crippen LogP contribution in [0.2, 0.25) is 0 Å². The van der Waals surface area contributed by atoms with E-state index in [4.69, 9.17) is 4.74 Å². The minimum absolute atomic E-state index is 0.110. The molecule has 5 rings (SSSR count). The summed E-state index contributed by atoms with van der Waals surface area (Å²) in [4.78, 5) is 13.6. The first-order valence-corrected chi connectivity index (χ1v) is 12.9. The number of aliphatic hydroxyl groups excluding tert-OH is 2.